The average molecular weight is 988 g/mol. The van der Waals surface area contributed by atoms with Crippen LogP contribution < -0.4 is 0 Å². The minimum Gasteiger partial charge on any atom is -0.390 e. The van der Waals surface area contributed by atoms with E-state index >= 15 is 0 Å². The van der Waals surface area contributed by atoms with Crippen molar-refractivity contribution in [2.24, 2.45) is 0 Å². The van der Waals surface area contributed by atoms with Crippen LogP contribution in [0.3, 0.4) is 0 Å². The molecule has 0 atom stereocenters. The molecule has 24 heteroatoms. The molecule has 2 saturated carbocycles. The molecule has 8 aromatic rings. The van der Waals surface area contributed by atoms with Crippen LogP contribution in [0.1, 0.15) is 63.0 Å². The Kier molecular flexibility index (Phi) is 11.7. The van der Waals surface area contributed by atoms with Crippen molar-refractivity contribution in [1.29, 1.82) is 0 Å². The number of alkyl halides is 6. The van der Waals surface area contributed by atoms with Gasteiger partial charge in [0.25, 0.3) is 0 Å². The standard InChI is InChI=1S/2C22H16ClF4N5O2/c2*1-21(33)7-11(8-21)32-20(22(25,26)27)12(9-30-32)19-17(15-5-6-28-10-29-15)18(31-34-19)16-13(23)3-2-4-14(16)24/h2*2-6,9-11,33H,7-8H2,1H3. The molecule has 0 spiro atoms. The van der Waals surface area contributed by atoms with Crippen LogP contribution in [0, 0.1) is 11.6 Å². The third-order valence-electron chi connectivity index (χ3n) is 11.5. The van der Waals surface area contributed by atoms with Gasteiger partial charge in [-0.2, -0.15) is 36.5 Å². The summed E-state index contributed by atoms with van der Waals surface area (Å²) in [6, 6.07) is 9.54. The van der Waals surface area contributed by atoms with Gasteiger partial charge < -0.3 is 19.3 Å². The number of hydrogen-bond acceptors (Lipinski definition) is 12. The molecule has 2 N–H and O–H groups in total. The molecule has 14 nitrogen and oxygen atoms in total. The maximum Gasteiger partial charge on any atom is 0.433 e. The number of hydrogen-bond donors (Lipinski definition) is 2. The summed E-state index contributed by atoms with van der Waals surface area (Å²) in [6.45, 7) is 3.10. The summed E-state index contributed by atoms with van der Waals surface area (Å²) < 4.78 is 127. The first kappa shape index (κ1) is 46.5. The topological polar surface area (TPSA) is 180 Å². The lowest BCUT2D eigenvalue weighted by Crippen LogP contribution is -2.43. The number of halogens is 10. The van der Waals surface area contributed by atoms with Crippen LogP contribution in [0.4, 0.5) is 35.1 Å². The number of nitrogens with zero attached hydrogens (tertiary/aromatic N) is 10. The van der Waals surface area contributed by atoms with Crippen molar-refractivity contribution >= 4 is 23.2 Å². The van der Waals surface area contributed by atoms with Crippen molar-refractivity contribution in [3.63, 3.8) is 0 Å². The highest BCUT2D eigenvalue weighted by Gasteiger charge is 2.49. The van der Waals surface area contributed by atoms with Gasteiger partial charge in [-0.1, -0.05) is 45.6 Å². The molecule has 6 heterocycles. The molecule has 0 bridgehead atoms. The van der Waals surface area contributed by atoms with Gasteiger partial charge in [0.2, 0.25) is 0 Å². The van der Waals surface area contributed by atoms with E-state index in [2.05, 4.69) is 40.4 Å². The minimum atomic E-state index is -4.81. The van der Waals surface area contributed by atoms with E-state index in [0.717, 1.165) is 33.9 Å². The molecule has 0 amide bonds. The summed E-state index contributed by atoms with van der Waals surface area (Å²) in [5, 5.41) is 35.8. The fourth-order valence-corrected chi connectivity index (χ4v) is 9.03. The van der Waals surface area contributed by atoms with E-state index in [0.29, 0.717) is 0 Å². The lowest BCUT2D eigenvalue weighted by atomic mass is 9.77. The summed E-state index contributed by atoms with van der Waals surface area (Å²) in [5.41, 5.74) is -5.17. The third kappa shape index (κ3) is 8.60. The summed E-state index contributed by atoms with van der Waals surface area (Å²) in [5.74, 6) is -2.05. The predicted octanol–water partition coefficient (Wildman–Crippen LogP) is 11.1. The molecule has 10 rings (SSSR count). The van der Waals surface area contributed by atoms with E-state index in [-0.39, 0.29) is 103 Å². The van der Waals surface area contributed by atoms with E-state index in [9.17, 15) is 45.3 Å². The lowest BCUT2D eigenvalue weighted by Gasteiger charge is -2.41. The van der Waals surface area contributed by atoms with Gasteiger partial charge in [0.15, 0.2) is 22.9 Å². The quantitative estimate of drug-likeness (QED) is 0.138. The molecule has 2 aliphatic rings. The number of rotatable bonds is 8. The van der Waals surface area contributed by atoms with Crippen molar-refractivity contribution < 1.29 is 54.4 Å². The van der Waals surface area contributed by atoms with Crippen LogP contribution in [0.5, 0.6) is 0 Å². The van der Waals surface area contributed by atoms with Gasteiger partial charge >= 0.3 is 12.4 Å². The zero-order valence-corrected chi connectivity index (χ0v) is 36.5. The number of aliphatic hydroxyl groups is 2. The van der Waals surface area contributed by atoms with Gasteiger partial charge in [-0.15, -0.1) is 0 Å². The molecule has 0 radical (unpaired) electrons. The molecular weight excluding hydrogens is 955 g/mol. The highest BCUT2D eigenvalue weighted by Crippen LogP contribution is 2.51. The maximum absolute atomic E-state index is 14.7. The van der Waals surface area contributed by atoms with Crippen molar-refractivity contribution in [3.05, 3.63) is 119 Å². The van der Waals surface area contributed by atoms with Crippen LogP contribution in [0.2, 0.25) is 10.0 Å². The van der Waals surface area contributed by atoms with Crippen LogP contribution in [0.25, 0.3) is 67.7 Å². The van der Waals surface area contributed by atoms with E-state index in [1.165, 1.54) is 61.4 Å². The Bertz CT molecular complexity index is 2890. The highest BCUT2D eigenvalue weighted by molar-refractivity contribution is 6.34. The molecule has 6 aromatic heterocycles. The Balaban J connectivity index is 0.000000170. The zero-order chi connectivity index (χ0) is 48.5. The van der Waals surface area contributed by atoms with Gasteiger partial charge in [0.1, 0.15) is 35.7 Å². The fraction of sp³-hybridized carbons (Fsp3) is 0.273. The molecule has 2 aromatic carbocycles. The van der Waals surface area contributed by atoms with E-state index in [1.54, 1.807) is 13.8 Å². The van der Waals surface area contributed by atoms with Crippen molar-refractivity contribution in [1.82, 2.24) is 49.8 Å². The maximum atomic E-state index is 14.7. The van der Waals surface area contributed by atoms with E-state index in [4.69, 9.17) is 32.2 Å². The Labute approximate surface area is 388 Å². The van der Waals surface area contributed by atoms with Crippen LogP contribution in [0.15, 0.2) is 95.0 Å². The van der Waals surface area contributed by atoms with Gasteiger partial charge in [0, 0.05) is 12.4 Å². The minimum absolute atomic E-state index is 0.00130. The van der Waals surface area contributed by atoms with Gasteiger partial charge in [-0.05, 0) is 75.9 Å². The molecule has 352 valence electrons. The highest BCUT2D eigenvalue weighted by atomic mass is 35.5. The second-order valence-electron chi connectivity index (χ2n) is 16.7. The van der Waals surface area contributed by atoms with E-state index in [1.807, 2.05) is 0 Å². The van der Waals surface area contributed by atoms with E-state index < -0.39 is 58.7 Å². The number of aromatic nitrogens is 10. The normalized spacial score (nSPS) is 20.4. The van der Waals surface area contributed by atoms with Crippen LogP contribution in [-0.4, -0.2) is 71.2 Å². The van der Waals surface area contributed by atoms with Crippen LogP contribution in [-0.2, 0) is 12.4 Å². The van der Waals surface area contributed by atoms with Crippen LogP contribution >= 0.6 is 23.2 Å². The molecule has 0 saturated heterocycles. The molecule has 2 fully saturated rings. The Hall–Kier alpha value is -6.62. The third-order valence-corrected chi connectivity index (χ3v) is 12.1. The monoisotopic (exact) mass is 986 g/mol. The molecule has 0 aliphatic heterocycles. The Morgan fingerprint density at radius 2 is 0.985 bits per heavy atom. The van der Waals surface area contributed by atoms with Gasteiger partial charge in [-0.3, -0.25) is 9.36 Å². The second kappa shape index (κ2) is 17.2. The first-order chi connectivity index (χ1) is 32.1. The summed E-state index contributed by atoms with van der Waals surface area (Å²) >= 11 is 12.4. The molecule has 2 aliphatic carbocycles. The fourth-order valence-electron chi connectivity index (χ4n) is 8.52. The number of benzene rings is 2. The van der Waals surface area contributed by atoms with Gasteiger partial charge in [0.05, 0.1) is 90.5 Å². The largest absolute Gasteiger partial charge is 0.433 e. The lowest BCUT2D eigenvalue weighted by molar-refractivity contribution is -0.149. The van der Waals surface area contributed by atoms with Crippen molar-refractivity contribution in [3.8, 4) is 67.7 Å². The second-order valence-corrected chi connectivity index (χ2v) is 17.5. The summed E-state index contributed by atoms with van der Waals surface area (Å²) in [7, 11) is 0. The summed E-state index contributed by atoms with van der Waals surface area (Å²) in [4.78, 5) is 15.9. The van der Waals surface area contributed by atoms with Crippen molar-refractivity contribution in [2.45, 2.75) is 75.2 Å². The predicted molar refractivity (Wildman–Crippen MR) is 226 cm³/mol. The van der Waals surface area contributed by atoms with Gasteiger partial charge in [-0.25, -0.2) is 28.7 Å². The molecular formula is C44H32Cl2F8N10O4. The smallest absolute Gasteiger partial charge is 0.390 e. The SMILES string of the molecule is CC1(O)CC(n2ncc(-c3onc(-c4c(F)cccc4Cl)c3-c3ccncn3)c2C(F)(F)F)C1.CC1(O)CC(n2ncc(-c3onc(-c4c(F)cccc4Cl)c3-c3ccncn3)c2C(F)(F)F)C1. The molecule has 68 heavy (non-hydrogen) atoms. The Morgan fingerprint density at radius 3 is 1.29 bits per heavy atom. The summed E-state index contributed by atoms with van der Waals surface area (Å²) in [6.07, 6.45) is -1.95. The first-order valence-electron chi connectivity index (χ1n) is 20.3. The average Bonchev–Trinajstić information content (AvgIpc) is 4.07. The van der Waals surface area contributed by atoms with Crippen molar-refractivity contribution in [2.75, 3.05) is 0 Å². The Morgan fingerprint density at radius 1 is 0.603 bits per heavy atom. The molecule has 0 unspecified atom stereocenters. The zero-order valence-electron chi connectivity index (χ0n) is 35.0. The first-order valence-corrected chi connectivity index (χ1v) is 21.0.